The Morgan fingerprint density at radius 1 is 0.973 bits per heavy atom. The van der Waals surface area contributed by atoms with E-state index < -0.39 is 14.6 Å². The number of ketones is 2. The highest BCUT2D eigenvalue weighted by Gasteiger charge is 2.51. The van der Waals surface area contributed by atoms with Gasteiger partial charge < -0.3 is 14.5 Å². The smallest absolute Gasteiger partial charge is 0.191 e. The second kappa shape index (κ2) is 11.4. The molecule has 1 aliphatic carbocycles. The fourth-order valence-electron chi connectivity index (χ4n) is 5.11. The molecule has 1 saturated carbocycles. The number of rotatable bonds is 12. The summed E-state index contributed by atoms with van der Waals surface area (Å²) in [6, 6.07) is 14.6. The van der Waals surface area contributed by atoms with Crippen molar-refractivity contribution in [3.8, 4) is 5.75 Å². The molecular weight excluding hydrogens is 488 g/mol. The average Bonchev–Trinajstić information content (AvgIpc) is 3.74. The number of likely N-dealkylation sites (tertiary alicyclic amines) is 1. The Kier molecular flexibility index (Phi) is 8.39. The number of piperidine rings is 1. The molecule has 0 radical (unpaired) electrons. The van der Waals surface area contributed by atoms with Crippen molar-refractivity contribution in [2.45, 2.75) is 67.6 Å². The Morgan fingerprint density at radius 3 is 2.14 bits per heavy atom. The van der Waals surface area contributed by atoms with Crippen LogP contribution in [0.5, 0.6) is 5.75 Å². The fourth-order valence-corrected chi connectivity index (χ4v) is 7.15. The Labute approximate surface area is 220 Å². The van der Waals surface area contributed by atoms with E-state index in [0.29, 0.717) is 69.2 Å². The van der Waals surface area contributed by atoms with Gasteiger partial charge in [0.05, 0.1) is 11.5 Å². The molecule has 0 aromatic heterocycles. The Hall–Kier alpha value is -2.71. The zero-order valence-corrected chi connectivity index (χ0v) is 22.9. The van der Waals surface area contributed by atoms with Crippen molar-refractivity contribution in [2.24, 2.45) is 0 Å². The summed E-state index contributed by atoms with van der Waals surface area (Å²) in [7, 11) is 0.113. The molecule has 1 saturated heterocycles. The van der Waals surface area contributed by atoms with Gasteiger partial charge in [-0.1, -0.05) is 0 Å². The number of nitrogens with zero attached hydrogens (tertiary/aromatic N) is 2. The molecule has 2 aliphatic rings. The van der Waals surface area contributed by atoms with Crippen LogP contribution in [0.25, 0.3) is 0 Å². The third-order valence-corrected chi connectivity index (χ3v) is 10.3. The second-order valence-corrected chi connectivity index (χ2v) is 12.7. The number of carbonyl (C=O) groups is 2. The lowest BCUT2D eigenvalue weighted by Gasteiger charge is -2.39. The van der Waals surface area contributed by atoms with Gasteiger partial charge in [0.25, 0.3) is 0 Å². The van der Waals surface area contributed by atoms with Crippen molar-refractivity contribution in [2.75, 3.05) is 38.7 Å². The van der Waals surface area contributed by atoms with Gasteiger partial charge in [-0.05, 0) is 94.0 Å². The summed E-state index contributed by atoms with van der Waals surface area (Å²) in [5.74, 6) is 0.415. The van der Waals surface area contributed by atoms with E-state index in [1.807, 2.05) is 43.3 Å². The molecule has 2 aromatic rings. The molecule has 7 nitrogen and oxygen atoms in total. The maximum absolute atomic E-state index is 13.6. The summed E-state index contributed by atoms with van der Waals surface area (Å²) in [6.45, 7) is 3.14. The first-order valence-electron chi connectivity index (χ1n) is 13.2. The molecule has 2 aromatic carbocycles. The summed E-state index contributed by atoms with van der Waals surface area (Å²) >= 11 is 0. The van der Waals surface area contributed by atoms with E-state index in [-0.39, 0.29) is 16.5 Å². The van der Waals surface area contributed by atoms with Crippen molar-refractivity contribution in [3.05, 3.63) is 54.1 Å². The van der Waals surface area contributed by atoms with Gasteiger partial charge in [0, 0.05) is 50.9 Å². The van der Waals surface area contributed by atoms with Crippen molar-refractivity contribution in [1.82, 2.24) is 4.90 Å². The van der Waals surface area contributed by atoms with Crippen LogP contribution in [0.3, 0.4) is 0 Å². The van der Waals surface area contributed by atoms with Crippen LogP contribution in [0.1, 0.15) is 62.2 Å². The molecule has 0 spiro atoms. The van der Waals surface area contributed by atoms with Crippen LogP contribution < -0.4 is 9.64 Å². The van der Waals surface area contributed by atoms with Crippen LogP contribution >= 0.6 is 0 Å². The topological polar surface area (TPSA) is 84.0 Å². The SMILES string of the molecule is CC(=O)C1(S(=O)(=O)c2ccc(OCCCCC(=O)c3ccc(N(C)C)cc3)cc2)CCN(C2CC2)CC1. The zero-order valence-electron chi connectivity index (χ0n) is 22.1. The summed E-state index contributed by atoms with van der Waals surface area (Å²) in [5.41, 5.74) is 1.77. The molecule has 4 rings (SSSR count). The summed E-state index contributed by atoms with van der Waals surface area (Å²) in [6.07, 6.45) is 4.90. The summed E-state index contributed by atoms with van der Waals surface area (Å²) in [4.78, 5) is 29.5. The predicted octanol–water partition coefficient (Wildman–Crippen LogP) is 4.54. The number of sulfone groups is 1. The minimum atomic E-state index is -3.81. The molecular formula is C29H38N2O5S. The maximum atomic E-state index is 13.6. The van der Waals surface area contributed by atoms with E-state index in [4.69, 9.17) is 4.74 Å². The van der Waals surface area contributed by atoms with Gasteiger partial charge in [-0.2, -0.15) is 0 Å². The average molecular weight is 527 g/mol. The van der Waals surface area contributed by atoms with E-state index in [9.17, 15) is 18.0 Å². The van der Waals surface area contributed by atoms with Gasteiger partial charge >= 0.3 is 0 Å². The first-order valence-corrected chi connectivity index (χ1v) is 14.7. The largest absolute Gasteiger partial charge is 0.494 e. The molecule has 2 fully saturated rings. The van der Waals surface area contributed by atoms with E-state index in [2.05, 4.69) is 4.90 Å². The van der Waals surface area contributed by atoms with Crippen LogP contribution in [0.2, 0.25) is 0 Å². The standard InChI is InChI=1S/C29H38N2O5S/c1-22(32)29(17-19-31(20-18-29)25-11-12-25)37(34,35)27-15-13-26(14-16-27)36-21-5-4-6-28(33)23-7-9-24(10-8-23)30(2)3/h7-10,13-16,25H,4-6,11-12,17-21H2,1-3H3. The Bertz CT molecular complexity index is 1190. The molecule has 1 aliphatic heterocycles. The van der Waals surface area contributed by atoms with Gasteiger partial charge in [-0.15, -0.1) is 0 Å². The van der Waals surface area contributed by atoms with Gasteiger partial charge in [0.15, 0.2) is 21.4 Å². The number of ether oxygens (including phenoxy) is 1. The quantitative estimate of drug-likeness (QED) is 0.296. The molecule has 37 heavy (non-hydrogen) atoms. The van der Waals surface area contributed by atoms with Crippen LogP contribution in [0, 0.1) is 0 Å². The van der Waals surface area contributed by atoms with E-state index in [0.717, 1.165) is 5.69 Å². The van der Waals surface area contributed by atoms with Gasteiger partial charge in [-0.25, -0.2) is 8.42 Å². The molecule has 8 heteroatoms. The van der Waals surface area contributed by atoms with Gasteiger partial charge in [0.1, 0.15) is 10.5 Å². The lowest BCUT2D eigenvalue weighted by molar-refractivity contribution is -0.120. The molecule has 0 bridgehead atoms. The van der Waals surface area contributed by atoms with Crippen LogP contribution in [0.4, 0.5) is 5.69 Å². The van der Waals surface area contributed by atoms with Crippen LogP contribution in [-0.4, -0.2) is 69.5 Å². The first-order chi connectivity index (χ1) is 17.6. The number of anilines is 1. The number of unbranched alkanes of at least 4 members (excludes halogenated alkanes) is 1. The van der Waals surface area contributed by atoms with Crippen molar-refractivity contribution >= 4 is 27.1 Å². The van der Waals surface area contributed by atoms with Gasteiger partial charge in [0.2, 0.25) is 0 Å². The number of Topliss-reactive ketones (excluding diaryl/α,β-unsaturated/α-hetero) is 2. The third kappa shape index (κ3) is 6.07. The highest BCUT2D eigenvalue weighted by atomic mass is 32.2. The second-order valence-electron chi connectivity index (χ2n) is 10.5. The van der Waals surface area contributed by atoms with Crippen LogP contribution in [-0.2, 0) is 14.6 Å². The number of hydrogen-bond donors (Lipinski definition) is 0. The van der Waals surface area contributed by atoms with Crippen molar-refractivity contribution in [1.29, 1.82) is 0 Å². The maximum Gasteiger partial charge on any atom is 0.191 e. The number of hydrogen-bond acceptors (Lipinski definition) is 7. The molecule has 0 N–H and O–H groups in total. The molecule has 200 valence electrons. The summed E-state index contributed by atoms with van der Waals surface area (Å²) < 4.78 is 31.6. The monoisotopic (exact) mass is 526 g/mol. The lowest BCUT2D eigenvalue weighted by Crippen LogP contribution is -2.53. The lowest BCUT2D eigenvalue weighted by atomic mass is 9.92. The van der Waals surface area contributed by atoms with E-state index >= 15 is 0 Å². The third-order valence-electron chi connectivity index (χ3n) is 7.73. The van der Waals surface area contributed by atoms with Crippen molar-refractivity contribution in [3.63, 3.8) is 0 Å². The fraction of sp³-hybridized carbons (Fsp3) is 0.517. The molecule has 0 atom stereocenters. The van der Waals surface area contributed by atoms with E-state index in [1.54, 1.807) is 24.3 Å². The zero-order chi connectivity index (χ0) is 26.6. The Morgan fingerprint density at radius 2 is 1.59 bits per heavy atom. The van der Waals surface area contributed by atoms with Crippen LogP contribution in [0.15, 0.2) is 53.4 Å². The molecule has 1 heterocycles. The van der Waals surface area contributed by atoms with E-state index in [1.165, 1.54) is 19.8 Å². The number of carbonyl (C=O) groups excluding carboxylic acids is 2. The van der Waals surface area contributed by atoms with Gasteiger partial charge in [-0.3, -0.25) is 9.59 Å². The molecule has 0 amide bonds. The molecule has 0 unspecified atom stereocenters. The highest BCUT2D eigenvalue weighted by molar-refractivity contribution is 7.93. The number of benzene rings is 2. The minimum absolute atomic E-state index is 0.113. The minimum Gasteiger partial charge on any atom is -0.494 e. The highest BCUT2D eigenvalue weighted by Crippen LogP contribution is 2.40. The predicted molar refractivity (Wildman–Crippen MR) is 145 cm³/mol. The van der Waals surface area contributed by atoms with Crippen molar-refractivity contribution < 1.29 is 22.7 Å². The Balaban J connectivity index is 1.27. The first kappa shape index (κ1) is 27.3. The summed E-state index contributed by atoms with van der Waals surface area (Å²) in [5, 5.41) is 0. The normalized spacial score (nSPS) is 17.8.